The Balaban J connectivity index is 1.38. The maximum absolute atomic E-state index is 12.2. The molecular weight excluding hydrogens is 378 g/mol. The van der Waals surface area contributed by atoms with Crippen molar-refractivity contribution in [2.75, 3.05) is 10.6 Å². The molecule has 0 aliphatic carbocycles. The molecule has 0 aliphatic heterocycles. The molecule has 7 heteroatoms. The predicted octanol–water partition coefficient (Wildman–Crippen LogP) is 5.16. The molecule has 4 rings (SSSR count). The highest BCUT2D eigenvalue weighted by Gasteiger charge is 2.20. The van der Waals surface area contributed by atoms with Crippen LogP contribution >= 0.6 is 0 Å². The molecule has 0 bridgehead atoms. The lowest BCUT2D eigenvalue weighted by molar-refractivity contribution is 0.262. The number of urea groups is 1. The second-order valence-electron chi connectivity index (χ2n) is 8.46. The van der Waals surface area contributed by atoms with E-state index in [1.165, 1.54) is 5.56 Å². The fraction of sp³-hybridized carbons (Fsp3) is 0.261. The first kappa shape index (κ1) is 19.7. The summed E-state index contributed by atoms with van der Waals surface area (Å²) < 4.78 is 7.38. The lowest BCUT2D eigenvalue weighted by Gasteiger charge is -2.12. The zero-order valence-electron chi connectivity index (χ0n) is 17.6. The second-order valence-corrected chi connectivity index (χ2v) is 8.46. The number of anilines is 2. The number of nitrogens with zero attached hydrogens (tertiary/aromatic N) is 3. The summed E-state index contributed by atoms with van der Waals surface area (Å²) in [6.45, 7) is 8.12. The van der Waals surface area contributed by atoms with Crippen LogP contribution in [0.2, 0.25) is 0 Å². The molecule has 3 aromatic heterocycles. The summed E-state index contributed by atoms with van der Waals surface area (Å²) >= 11 is 0. The fourth-order valence-corrected chi connectivity index (χ4v) is 3.15. The Morgan fingerprint density at radius 2 is 1.87 bits per heavy atom. The molecule has 0 saturated carbocycles. The highest BCUT2D eigenvalue weighted by Crippen LogP contribution is 2.24. The zero-order valence-corrected chi connectivity index (χ0v) is 17.6. The summed E-state index contributed by atoms with van der Waals surface area (Å²) in [7, 11) is 0. The van der Waals surface area contributed by atoms with Gasteiger partial charge in [-0.25, -0.2) is 9.78 Å². The van der Waals surface area contributed by atoms with Gasteiger partial charge in [0.25, 0.3) is 0 Å². The summed E-state index contributed by atoms with van der Waals surface area (Å²) in [6, 6.07) is 13.3. The third-order valence-electron chi connectivity index (χ3n) is 4.83. The maximum atomic E-state index is 12.2. The molecule has 3 heterocycles. The van der Waals surface area contributed by atoms with Gasteiger partial charge < -0.3 is 14.2 Å². The smallest absolute Gasteiger partial charge is 0.324 e. The van der Waals surface area contributed by atoms with E-state index in [9.17, 15) is 4.79 Å². The SMILES string of the molecule is Cc1ccn2c(Cc3ccc(NC(=O)Nc4cc(C(C)(C)C)on4)cc3)cnc2c1. The van der Waals surface area contributed by atoms with Crippen LogP contribution in [-0.2, 0) is 11.8 Å². The molecule has 154 valence electrons. The van der Waals surface area contributed by atoms with Crippen molar-refractivity contribution in [1.82, 2.24) is 14.5 Å². The topological polar surface area (TPSA) is 84.5 Å². The summed E-state index contributed by atoms with van der Waals surface area (Å²) in [5.41, 5.74) is 4.92. The van der Waals surface area contributed by atoms with Crippen LogP contribution in [0.1, 0.15) is 43.4 Å². The van der Waals surface area contributed by atoms with Gasteiger partial charge in [-0.05, 0) is 42.3 Å². The van der Waals surface area contributed by atoms with Gasteiger partial charge in [-0.2, -0.15) is 0 Å². The van der Waals surface area contributed by atoms with E-state index in [-0.39, 0.29) is 11.4 Å². The molecule has 0 fully saturated rings. The third-order valence-corrected chi connectivity index (χ3v) is 4.83. The Morgan fingerprint density at radius 3 is 2.57 bits per heavy atom. The normalized spacial score (nSPS) is 11.6. The van der Waals surface area contributed by atoms with E-state index in [4.69, 9.17) is 4.52 Å². The minimum absolute atomic E-state index is 0.168. The Hall–Kier alpha value is -3.61. The number of benzene rings is 1. The Morgan fingerprint density at radius 1 is 1.10 bits per heavy atom. The zero-order chi connectivity index (χ0) is 21.3. The first-order valence-corrected chi connectivity index (χ1v) is 9.85. The van der Waals surface area contributed by atoms with E-state index in [0.29, 0.717) is 17.3 Å². The predicted molar refractivity (Wildman–Crippen MR) is 117 cm³/mol. The number of carbonyl (C=O) groups excluding carboxylic acids is 1. The average Bonchev–Trinajstić information content (AvgIpc) is 3.30. The maximum Gasteiger partial charge on any atom is 0.324 e. The Kier molecular flexibility index (Phi) is 5.03. The van der Waals surface area contributed by atoms with Gasteiger partial charge in [-0.15, -0.1) is 0 Å². The molecule has 7 nitrogen and oxygen atoms in total. The first-order chi connectivity index (χ1) is 14.3. The molecular formula is C23H25N5O2. The van der Waals surface area contributed by atoms with E-state index in [1.807, 2.05) is 57.4 Å². The quantitative estimate of drug-likeness (QED) is 0.493. The molecule has 30 heavy (non-hydrogen) atoms. The molecule has 1 aromatic carbocycles. The molecule has 2 N–H and O–H groups in total. The largest absolute Gasteiger partial charge is 0.359 e. The van der Waals surface area contributed by atoms with Crippen molar-refractivity contribution in [3.8, 4) is 0 Å². The summed E-state index contributed by atoms with van der Waals surface area (Å²) in [5.74, 6) is 1.10. The standard InChI is InChI=1S/C23H25N5O2/c1-15-9-10-28-18(14-24-21(28)11-15)12-16-5-7-17(8-6-16)25-22(29)26-20-13-19(30-27-20)23(2,3)4/h5-11,13-14H,12H2,1-4H3,(H2,25,26,27,29). The number of imidazole rings is 1. The van der Waals surface area contributed by atoms with Crippen molar-refractivity contribution >= 4 is 23.2 Å². The van der Waals surface area contributed by atoms with Crippen LogP contribution in [0, 0.1) is 6.92 Å². The molecule has 0 saturated heterocycles. The highest BCUT2D eigenvalue weighted by atomic mass is 16.5. The van der Waals surface area contributed by atoms with E-state index >= 15 is 0 Å². The van der Waals surface area contributed by atoms with Crippen LogP contribution < -0.4 is 10.6 Å². The van der Waals surface area contributed by atoms with Gasteiger partial charge in [0.2, 0.25) is 0 Å². The lowest BCUT2D eigenvalue weighted by Crippen LogP contribution is -2.19. The van der Waals surface area contributed by atoms with Gasteiger partial charge in [0.15, 0.2) is 5.82 Å². The first-order valence-electron chi connectivity index (χ1n) is 9.85. The van der Waals surface area contributed by atoms with Crippen LogP contribution in [0.25, 0.3) is 5.65 Å². The minimum atomic E-state index is -0.367. The second kappa shape index (κ2) is 7.67. The monoisotopic (exact) mass is 403 g/mol. The van der Waals surface area contributed by atoms with Crippen molar-refractivity contribution < 1.29 is 9.32 Å². The number of hydrogen-bond acceptors (Lipinski definition) is 4. The van der Waals surface area contributed by atoms with E-state index in [0.717, 1.165) is 23.3 Å². The third kappa shape index (κ3) is 4.35. The molecule has 2 amide bonds. The van der Waals surface area contributed by atoms with Crippen molar-refractivity contribution in [3.05, 3.63) is 77.4 Å². The van der Waals surface area contributed by atoms with E-state index < -0.39 is 0 Å². The lowest BCUT2D eigenvalue weighted by atomic mass is 9.93. The van der Waals surface area contributed by atoms with Crippen molar-refractivity contribution in [3.63, 3.8) is 0 Å². The van der Waals surface area contributed by atoms with Gasteiger partial charge in [-0.3, -0.25) is 5.32 Å². The average molecular weight is 403 g/mol. The Bertz CT molecular complexity index is 1180. The van der Waals surface area contributed by atoms with Gasteiger partial charge in [-0.1, -0.05) is 38.1 Å². The van der Waals surface area contributed by atoms with Crippen LogP contribution in [-0.4, -0.2) is 20.6 Å². The van der Waals surface area contributed by atoms with E-state index in [2.05, 4.69) is 44.2 Å². The summed E-state index contributed by atoms with van der Waals surface area (Å²) in [5, 5.41) is 9.40. The van der Waals surface area contributed by atoms with Crippen LogP contribution in [0.15, 0.2) is 59.4 Å². The molecule has 0 atom stereocenters. The number of rotatable bonds is 4. The molecule has 0 unspecified atom stereocenters. The molecule has 0 spiro atoms. The van der Waals surface area contributed by atoms with Crippen LogP contribution in [0.3, 0.4) is 0 Å². The summed E-state index contributed by atoms with van der Waals surface area (Å²) in [6.07, 6.45) is 4.70. The number of aromatic nitrogens is 3. The van der Waals surface area contributed by atoms with Crippen LogP contribution in [0.5, 0.6) is 0 Å². The highest BCUT2D eigenvalue weighted by molar-refractivity contribution is 5.99. The van der Waals surface area contributed by atoms with Gasteiger partial charge >= 0.3 is 6.03 Å². The minimum Gasteiger partial charge on any atom is -0.359 e. The van der Waals surface area contributed by atoms with Crippen molar-refractivity contribution in [2.45, 2.75) is 39.5 Å². The van der Waals surface area contributed by atoms with Crippen molar-refractivity contribution in [2.24, 2.45) is 0 Å². The number of carbonyl (C=O) groups is 1. The van der Waals surface area contributed by atoms with Crippen LogP contribution in [0.4, 0.5) is 16.3 Å². The Labute approximate surface area is 175 Å². The fourth-order valence-electron chi connectivity index (χ4n) is 3.15. The molecule has 0 aliphatic rings. The summed E-state index contributed by atoms with van der Waals surface area (Å²) in [4.78, 5) is 16.7. The molecule has 0 radical (unpaired) electrons. The number of hydrogen-bond donors (Lipinski definition) is 2. The number of aryl methyl sites for hydroxylation is 1. The number of nitrogens with one attached hydrogen (secondary N) is 2. The number of pyridine rings is 1. The van der Waals surface area contributed by atoms with Crippen molar-refractivity contribution in [1.29, 1.82) is 0 Å². The van der Waals surface area contributed by atoms with Gasteiger partial charge in [0.05, 0.1) is 0 Å². The van der Waals surface area contributed by atoms with Gasteiger partial charge in [0.1, 0.15) is 11.4 Å². The number of amides is 2. The van der Waals surface area contributed by atoms with E-state index in [1.54, 1.807) is 6.07 Å². The molecule has 4 aromatic rings. The van der Waals surface area contributed by atoms with Gasteiger partial charge in [0, 0.05) is 41.7 Å². The number of fused-ring (bicyclic) bond motifs is 1.